The second-order valence-corrected chi connectivity index (χ2v) is 7.33. The molecule has 2 N–H and O–H groups in total. The molecule has 4 rings (SSSR count). The van der Waals surface area contributed by atoms with Gasteiger partial charge in [0.2, 0.25) is 0 Å². The number of carboxylic acids is 2. The molecule has 0 aromatic heterocycles. The summed E-state index contributed by atoms with van der Waals surface area (Å²) in [6, 6.07) is 15.0. The molecule has 0 saturated carbocycles. The highest BCUT2D eigenvalue weighted by Gasteiger charge is 2.34. The Morgan fingerprint density at radius 2 is 1.24 bits per heavy atom. The van der Waals surface area contributed by atoms with Crippen LogP contribution in [0.5, 0.6) is 0 Å². The summed E-state index contributed by atoms with van der Waals surface area (Å²) in [6.45, 7) is 0. The third kappa shape index (κ3) is 3.01. The maximum atomic E-state index is 13.2. The number of carbonyl (C=O) groups excluding carboxylic acids is 2. The molecule has 0 aliphatic heterocycles. The van der Waals surface area contributed by atoms with E-state index in [2.05, 4.69) is 0 Å². The van der Waals surface area contributed by atoms with Gasteiger partial charge in [-0.3, -0.25) is 9.59 Å². The van der Waals surface area contributed by atoms with Crippen LogP contribution in [0.25, 0.3) is 0 Å². The van der Waals surface area contributed by atoms with Crippen molar-refractivity contribution >= 4 is 35.3 Å². The third-order valence-electron chi connectivity index (χ3n) is 4.61. The number of rotatable bonds is 4. The highest BCUT2D eigenvalue weighted by Crippen LogP contribution is 2.40. The molecule has 0 fully saturated rings. The molecule has 29 heavy (non-hydrogen) atoms. The smallest absolute Gasteiger partial charge is 0.336 e. The predicted molar refractivity (Wildman–Crippen MR) is 104 cm³/mol. The summed E-state index contributed by atoms with van der Waals surface area (Å²) in [5, 5.41) is 19.1. The van der Waals surface area contributed by atoms with Crippen molar-refractivity contribution in [1.29, 1.82) is 0 Å². The number of ketones is 2. The maximum Gasteiger partial charge on any atom is 0.336 e. The van der Waals surface area contributed by atoms with Crippen LogP contribution in [0, 0.1) is 0 Å². The monoisotopic (exact) mass is 404 g/mol. The van der Waals surface area contributed by atoms with E-state index in [4.69, 9.17) is 0 Å². The molecule has 0 heterocycles. The van der Waals surface area contributed by atoms with Crippen molar-refractivity contribution in [2.75, 3.05) is 0 Å². The van der Waals surface area contributed by atoms with E-state index in [0.717, 1.165) is 11.8 Å². The molecule has 0 spiro atoms. The zero-order chi connectivity index (χ0) is 20.7. The van der Waals surface area contributed by atoms with Crippen LogP contribution in [0.4, 0.5) is 0 Å². The second-order valence-electron chi connectivity index (χ2n) is 6.28. The zero-order valence-corrected chi connectivity index (χ0v) is 15.5. The maximum absolute atomic E-state index is 13.2. The predicted octanol–water partition coefficient (Wildman–Crippen LogP) is 4.01. The van der Waals surface area contributed by atoms with E-state index in [1.807, 2.05) is 0 Å². The molecular weight excluding hydrogens is 392 g/mol. The molecule has 1 aliphatic rings. The standard InChI is InChI=1S/C22H12O6S/c23-18-11-5-1-2-6-12(11)19(24)17-14(18)9-10-15(22(27)28)20(17)29-16-8-4-3-7-13(16)21(25)26/h1-10H,(H,25,26)(H,27,28). The Labute approximate surface area is 168 Å². The molecule has 7 heteroatoms. The largest absolute Gasteiger partial charge is 0.478 e. The first-order valence-electron chi connectivity index (χ1n) is 8.49. The van der Waals surface area contributed by atoms with E-state index in [9.17, 15) is 29.4 Å². The molecule has 0 saturated heterocycles. The molecule has 0 bridgehead atoms. The van der Waals surface area contributed by atoms with Gasteiger partial charge in [0.05, 0.1) is 11.1 Å². The van der Waals surface area contributed by atoms with Crippen molar-refractivity contribution in [1.82, 2.24) is 0 Å². The second kappa shape index (κ2) is 7.03. The molecule has 3 aromatic carbocycles. The van der Waals surface area contributed by atoms with Gasteiger partial charge in [0.15, 0.2) is 11.6 Å². The van der Waals surface area contributed by atoms with Crippen LogP contribution in [0.2, 0.25) is 0 Å². The van der Waals surface area contributed by atoms with Gasteiger partial charge in [0.1, 0.15) is 0 Å². The van der Waals surface area contributed by atoms with E-state index < -0.39 is 17.7 Å². The molecule has 0 amide bonds. The molecule has 0 radical (unpaired) electrons. The summed E-state index contributed by atoms with van der Waals surface area (Å²) in [7, 11) is 0. The van der Waals surface area contributed by atoms with Gasteiger partial charge in [-0.2, -0.15) is 0 Å². The molecule has 1 aliphatic carbocycles. The number of aromatic carboxylic acids is 2. The molecule has 0 atom stereocenters. The lowest BCUT2D eigenvalue weighted by atomic mass is 9.83. The summed E-state index contributed by atoms with van der Waals surface area (Å²) in [5.41, 5.74) is 0.347. The average Bonchev–Trinajstić information content (AvgIpc) is 2.71. The lowest BCUT2D eigenvalue weighted by Crippen LogP contribution is -2.23. The normalized spacial score (nSPS) is 12.3. The van der Waals surface area contributed by atoms with Crippen LogP contribution in [0.15, 0.2) is 70.5 Å². The minimum Gasteiger partial charge on any atom is -0.478 e. The minimum atomic E-state index is -1.28. The quantitative estimate of drug-likeness (QED) is 0.529. The first-order chi connectivity index (χ1) is 13.9. The number of fused-ring (bicyclic) bond motifs is 2. The van der Waals surface area contributed by atoms with Crippen LogP contribution in [0.1, 0.15) is 52.6 Å². The first kappa shape index (κ1) is 18.6. The molecular formula is C22H12O6S. The van der Waals surface area contributed by atoms with Crippen LogP contribution in [-0.2, 0) is 0 Å². The van der Waals surface area contributed by atoms with E-state index in [1.54, 1.807) is 30.3 Å². The Hall–Kier alpha value is -3.71. The fraction of sp³-hybridized carbons (Fsp3) is 0. The Bertz CT molecular complexity index is 1230. The fourth-order valence-electron chi connectivity index (χ4n) is 3.27. The van der Waals surface area contributed by atoms with Crippen LogP contribution >= 0.6 is 11.8 Å². The van der Waals surface area contributed by atoms with Crippen molar-refractivity contribution in [2.45, 2.75) is 9.79 Å². The zero-order valence-electron chi connectivity index (χ0n) is 14.7. The summed E-state index contributed by atoms with van der Waals surface area (Å²) in [5.74, 6) is -3.29. The van der Waals surface area contributed by atoms with Crippen molar-refractivity contribution in [3.05, 3.63) is 94.0 Å². The van der Waals surface area contributed by atoms with Gasteiger partial charge in [-0.15, -0.1) is 0 Å². The fourth-order valence-corrected chi connectivity index (χ4v) is 4.47. The van der Waals surface area contributed by atoms with Gasteiger partial charge in [-0.25, -0.2) is 9.59 Å². The van der Waals surface area contributed by atoms with E-state index in [0.29, 0.717) is 0 Å². The van der Waals surface area contributed by atoms with Gasteiger partial charge >= 0.3 is 11.9 Å². The minimum absolute atomic E-state index is 0.0150. The van der Waals surface area contributed by atoms with Crippen molar-refractivity contribution in [3.63, 3.8) is 0 Å². The Morgan fingerprint density at radius 1 is 0.655 bits per heavy atom. The molecule has 6 nitrogen and oxygen atoms in total. The van der Waals surface area contributed by atoms with Gasteiger partial charge in [0.25, 0.3) is 0 Å². The van der Waals surface area contributed by atoms with Crippen LogP contribution < -0.4 is 0 Å². The summed E-state index contributed by atoms with van der Waals surface area (Å²) < 4.78 is 0. The number of hydrogen-bond donors (Lipinski definition) is 2. The molecule has 142 valence electrons. The third-order valence-corrected chi connectivity index (χ3v) is 5.81. The number of hydrogen-bond acceptors (Lipinski definition) is 5. The van der Waals surface area contributed by atoms with Gasteiger partial charge in [-0.1, -0.05) is 48.2 Å². The highest BCUT2D eigenvalue weighted by molar-refractivity contribution is 7.99. The first-order valence-corrected chi connectivity index (χ1v) is 9.30. The number of benzene rings is 3. The summed E-state index contributed by atoms with van der Waals surface area (Å²) >= 11 is 0.858. The lowest BCUT2D eigenvalue weighted by Gasteiger charge is -2.21. The summed E-state index contributed by atoms with van der Waals surface area (Å²) in [4.78, 5) is 49.8. The van der Waals surface area contributed by atoms with Gasteiger partial charge in [-0.05, 0) is 24.3 Å². The average molecular weight is 404 g/mol. The SMILES string of the molecule is O=C(O)c1ccccc1Sc1c(C(=O)O)ccc2c1C(=O)c1ccccc1C2=O. The van der Waals surface area contributed by atoms with E-state index in [-0.39, 0.29) is 49.0 Å². The molecule has 0 unspecified atom stereocenters. The van der Waals surface area contributed by atoms with E-state index in [1.165, 1.54) is 30.3 Å². The Kier molecular flexibility index (Phi) is 4.52. The highest BCUT2D eigenvalue weighted by atomic mass is 32.2. The van der Waals surface area contributed by atoms with Crippen LogP contribution in [-0.4, -0.2) is 33.7 Å². The van der Waals surface area contributed by atoms with Crippen LogP contribution in [0.3, 0.4) is 0 Å². The van der Waals surface area contributed by atoms with Gasteiger partial charge in [0, 0.05) is 32.0 Å². The number of carboxylic acid groups (broad SMARTS) is 2. The number of carbonyl (C=O) groups is 4. The van der Waals surface area contributed by atoms with Gasteiger partial charge < -0.3 is 10.2 Å². The van der Waals surface area contributed by atoms with Crippen molar-refractivity contribution in [2.24, 2.45) is 0 Å². The Morgan fingerprint density at radius 3 is 1.90 bits per heavy atom. The lowest BCUT2D eigenvalue weighted by molar-refractivity contribution is 0.0683. The summed E-state index contributed by atoms with van der Waals surface area (Å²) in [6.07, 6.45) is 0. The topological polar surface area (TPSA) is 109 Å². The van der Waals surface area contributed by atoms with Crippen molar-refractivity contribution in [3.8, 4) is 0 Å². The van der Waals surface area contributed by atoms with Crippen molar-refractivity contribution < 1.29 is 29.4 Å². The van der Waals surface area contributed by atoms with E-state index >= 15 is 0 Å². The Balaban J connectivity index is 1.98. The molecule has 3 aromatic rings.